The maximum atomic E-state index is 13.6. The van der Waals surface area contributed by atoms with Crippen molar-refractivity contribution in [2.75, 3.05) is 27.2 Å². The molecule has 0 aromatic heterocycles. The van der Waals surface area contributed by atoms with E-state index in [1.807, 2.05) is 18.0 Å². The van der Waals surface area contributed by atoms with E-state index in [2.05, 4.69) is 18.1 Å². The second-order valence-corrected chi connectivity index (χ2v) is 11.9. The third kappa shape index (κ3) is 5.27. The average molecular weight is 578 g/mol. The zero-order chi connectivity index (χ0) is 28.8. The number of carbonyl (C=O) groups is 2. The van der Waals surface area contributed by atoms with Crippen LogP contribution in [0.4, 0.5) is 8.78 Å². The third-order valence-corrected chi connectivity index (χ3v) is 8.96. The molecule has 1 saturated heterocycles. The van der Waals surface area contributed by atoms with Crippen molar-refractivity contribution in [1.29, 1.82) is 0 Å². The maximum Gasteiger partial charge on any atom is 0.251 e. The molecule has 3 unspecified atom stereocenters. The van der Waals surface area contributed by atoms with Gasteiger partial charge in [0.25, 0.3) is 5.91 Å². The SMILES string of the molecule is CNC(=O)C1=C(c2ccc(F)cc2)OC2=CC(N(C)S)=C([C@@H]3CCCN(C(=O)C4CC4c4ccc(F)cc4)C3)CC21. The number of hydrogen-bond donors (Lipinski definition) is 2. The van der Waals surface area contributed by atoms with Crippen molar-refractivity contribution in [3.63, 3.8) is 0 Å². The van der Waals surface area contributed by atoms with E-state index in [1.54, 1.807) is 35.6 Å². The van der Waals surface area contributed by atoms with Gasteiger partial charge in [0.15, 0.2) is 0 Å². The van der Waals surface area contributed by atoms with Gasteiger partial charge in [-0.05, 0) is 85.1 Å². The Bertz CT molecular complexity index is 1470. The Morgan fingerprint density at radius 2 is 1.76 bits per heavy atom. The Kier molecular flexibility index (Phi) is 7.40. The van der Waals surface area contributed by atoms with Crippen molar-refractivity contribution >= 4 is 30.4 Å². The zero-order valence-corrected chi connectivity index (χ0v) is 24.0. The number of ether oxygens (including phenoxy) is 1. The second kappa shape index (κ2) is 11.0. The lowest BCUT2D eigenvalue weighted by Gasteiger charge is -2.38. The number of amides is 2. The minimum Gasteiger partial charge on any atom is -0.460 e. The molecule has 1 saturated carbocycles. The number of nitrogens with zero attached hydrogens (tertiary/aromatic N) is 2. The molecule has 0 radical (unpaired) electrons. The van der Waals surface area contributed by atoms with Gasteiger partial charge in [0.05, 0.1) is 11.5 Å². The number of fused-ring (bicyclic) bond motifs is 1. The molecular formula is C32H33F2N3O3S. The minimum absolute atomic E-state index is 0.0673. The highest BCUT2D eigenvalue weighted by Gasteiger charge is 2.47. The Morgan fingerprint density at radius 1 is 1.07 bits per heavy atom. The molecular weight excluding hydrogens is 544 g/mol. The van der Waals surface area contributed by atoms with Crippen molar-refractivity contribution in [3.05, 3.63) is 100.0 Å². The van der Waals surface area contributed by atoms with Crippen LogP contribution in [0.1, 0.15) is 42.7 Å². The normalized spacial score (nSPS) is 25.4. The molecule has 214 valence electrons. The first-order chi connectivity index (χ1) is 19.7. The molecule has 1 N–H and O–H groups in total. The molecule has 0 bridgehead atoms. The van der Waals surface area contributed by atoms with Gasteiger partial charge in [-0.15, -0.1) is 0 Å². The quantitative estimate of drug-likeness (QED) is 0.450. The Hall–Kier alpha value is -3.59. The number of likely N-dealkylation sites (tertiary alicyclic amines) is 1. The fourth-order valence-electron chi connectivity index (χ4n) is 6.56. The molecule has 4 atom stereocenters. The molecule has 2 aromatic carbocycles. The number of hydrogen-bond acceptors (Lipinski definition) is 5. The van der Waals surface area contributed by atoms with E-state index in [4.69, 9.17) is 4.74 Å². The van der Waals surface area contributed by atoms with Gasteiger partial charge >= 0.3 is 0 Å². The van der Waals surface area contributed by atoms with Crippen LogP contribution in [-0.2, 0) is 14.3 Å². The fourth-order valence-corrected chi connectivity index (χ4v) is 6.75. The van der Waals surface area contributed by atoms with Crippen molar-refractivity contribution in [2.45, 2.75) is 31.6 Å². The molecule has 2 aliphatic carbocycles. The molecule has 9 heteroatoms. The van der Waals surface area contributed by atoms with Gasteiger partial charge in [0, 0.05) is 50.4 Å². The number of piperidine rings is 1. The predicted octanol–water partition coefficient (Wildman–Crippen LogP) is 5.43. The van der Waals surface area contributed by atoms with Crippen LogP contribution in [0.2, 0.25) is 0 Å². The second-order valence-electron chi connectivity index (χ2n) is 11.3. The first kappa shape index (κ1) is 27.6. The van der Waals surface area contributed by atoms with E-state index in [-0.39, 0.29) is 47.1 Å². The van der Waals surface area contributed by atoms with Crippen LogP contribution in [0.5, 0.6) is 0 Å². The monoisotopic (exact) mass is 577 g/mol. The topological polar surface area (TPSA) is 61.9 Å². The summed E-state index contributed by atoms with van der Waals surface area (Å²) < 4.78 is 35.1. The molecule has 4 aliphatic rings. The highest BCUT2D eigenvalue weighted by Crippen LogP contribution is 2.51. The van der Waals surface area contributed by atoms with E-state index in [1.165, 1.54) is 24.3 Å². The summed E-state index contributed by atoms with van der Waals surface area (Å²) in [5, 5.41) is 2.75. The highest BCUT2D eigenvalue weighted by molar-refractivity contribution is 7.77. The predicted molar refractivity (Wildman–Crippen MR) is 155 cm³/mol. The summed E-state index contributed by atoms with van der Waals surface area (Å²) in [7, 11) is 3.45. The standard InChI is InChI=1S/C32H33F2N3O3S/c1-35-31(38)29-26-15-24(27(36(2)41)16-28(26)40-30(29)19-7-11-22(34)12-8-19)20-4-3-13-37(17-20)32(39)25-14-23(25)18-5-9-21(33)10-6-18/h5-12,16,20,23,25-26,41H,3-4,13-15,17H2,1-2H3,(H,35,38)/t20-,23?,25?,26?/m1/s1. The summed E-state index contributed by atoms with van der Waals surface area (Å²) in [5.41, 5.74) is 4.22. The van der Waals surface area contributed by atoms with Gasteiger partial charge < -0.3 is 19.3 Å². The van der Waals surface area contributed by atoms with Crippen molar-refractivity contribution in [2.24, 2.45) is 17.8 Å². The van der Waals surface area contributed by atoms with Gasteiger partial charge in [0.1, 0.15) is 23.2 Å². The largest absolute Gasteiger partial charge is 0.460 e. The van der Waals surface area contributed by atoms with Crippen LogP contribution >= 0.6 is 12.8 Å². The third-order valence-electron chi connectivity index (χ3n) is 8.75. The number of halogens is 2. The summed E-state index contributed by atoms with van der Waals surface area (Å²) in [6.07, 6.45) is 5.11. The maximum absolute atomic E-state index is 13.6. The van der Waals surface area contributed by atoms with Gasteiger partial charge in [-0.2, -0.15) is 0 Å². The number of nitrogens with one attached hydrogen (secondary N) is 1. The van der Waals surface area contributed by atoms with E-state index < -0.39 is 0 Å². The number of benzene rings is 2. The van der Waals surface area contributed by atoms with Crippen LogP contribution in [0.15, 0.2) is 77.2 Å². The number of rotatable bonds is 6. The molecule has 0 spiro atoms. The lowest BCUT2D eigenvalue weighted by Crippen LogP contribution is -2.42. The molecule has 6 nitrogen and oxygen atoms in total. The Balaban J connectivity index is 1.25. The summed E-state index contributed by atoms with van der Waals surface area (Å²) in [4.78, 5) is 28.7. The average Bonchev–Trinajstić information content (AvgIpc) is 3.69. The van der Waals surface area contributed by atoms with Crippen LogP contribution in [-0.4, -0.2) is 48.2 Å². The number of carbonyl (C=O) groups excluding carboxylic acids is 2. The van der Waals surface area contributed by atoms with Gasteiger partial charge in [-0.25, -0.2) is 8.78 Å². The number of allylic oxidation sites excluding steroid dienone is 2. The van der Waals surface area contributed by atoms with Gasteiger partial charge in [-0.3, -0.25) is 9.59 Å². The molecule has 2 heterocycles. The Labute approximate surface area is 244 Å². The lowest BCUT2D eigenvalue weighted by atomic mass is 9.78. The van der Waals surface area contributed by atoms with Crippen molar-refractivity contribution in [3.8, 4) is 0 Å². The Morgan fingerprint density at radius 3 is 2.41 bits per heavy atom. The molecule has 6 rings (SSSR count). The summed E-state index contributed by atoms with van der Waals surface area (Å²) in [5.74, 6) is 0.275. The smallest absolute Gasteiger partial charge is 0.251 e. The summed E-state index contributed by atoms with van der Waals surface area (Å²) >= 11 is 4.63. The van der Waals surface area contributed by atoms with Crippen LogP contribution in [0.25, 0.3) is 5.76 Å². The lowest BCUT2D eigenvalue weighted by molar-refractivity contribution is -0.134. The van der Waals surface area contributed by atoms with Crippen molar-refractivity contribution in [1.82, 2.24) is 14.5 Å². The zero-order valence-electron chi connectivity index (χ0n) is 23.1. The van der Waals surface area contributed by atoms with E-state index in [9.17, 15) is 18.4 Å². The highest BCUT2D eigenvalue weighted by atomic mass is 32.1. The van der Waals surface area contributed by atoms with Crippen LogP contribution in [0.3, 0.4) is 0 Å². The van der Waals surface area contributed by atoms with Gasteiger partial charge in [0.2, 0.25) is 5.91 Å². The summed E-state index contributed by atoms with van der Waals surface area (Å²) in [6, 6.07) is 12.4. The van der Waals surface area contributed by atoms with Crippen LogP contribution < -0.4 is 5.32 Å². The molecule has 2 aromatic rings. The van der Waals surface area contributed by atoms with E-state index >= 15 is 0 Å². The van der Waals surface area contributed by atoms with Crippen molar-refractivity contribution < 1.29 is 23.1 Å². The molecule has 2 aliphatic heterocycles. The van der Waals surface area contributed by atoms with E-state index in [0.29, 0.717) is 42.2 Å². The first-order valence-corrected chi connectivity index (χ1v) is 14.5. The fraction of sp³-hybridized carbons (Fsp3) is 0.375. The number of likely N-dealkylation sites (N-methyl/N-ethyl adjacent to an activating group) is 2. The minimum atomic E-state index is -0.361. The molecule has 2 fully saturated rings. The number of thiol groups is 1. The van der Waals surface area contributed by atoms with Gasteiger partial charge in [-0.1, -0.05) is 24.9 Å². The van der Waals surface area contributed by atoms with E-state index in [0.717, 1.165) is 36.1 Å². The summed E-state index contributed by atoms with van der Waals surface area (Å²) in [6.45, 7) is 1.32. The molecule has 41 heavy (non-hydrogen) atoms. The first-order valence-electron chi connectivity index (χ1n) is 14.1. The van der Waals surface area contributed by atoms with Crippen LogP contribution in [0, 0.1) is 29.4 Å². The molecule has 2 amide bonds.